The molecule has 0 radical (unpaired) electrons. The van der Waals surface area contributed by atoms with Crippen molar-refractivity contribution in [3.63, 3.8) is 0 Å². The summed E-state index contributed by atoms with van der Waals surface area (Å²) in [6, 6.07) is 4.13. The van der Waals surface area contributed by atoms with Gasteiger partial charge in [-0.15, -0.1) is 11.3 Å². The van der Waals surface area contributed by atoms with Gasteiger partial charge in [0.15, 0.2) is 5.16 Å². The monoisotopic (exact) mass is 346 g/mol. The molecule has 7 heteroatoms. The van der Waals surface area contributed by atoms with Gasteiger partial charge in [-0.3, -0.25) is 4.79 Å². The number of aromatic nitrogens is 2. The minimum atomic E-state index is -0.822. The molecule has 0 saturated heterocycles. The first-order valence-electron chi connectivity index (χ1n) is 5.25. The third kappa shape index (κ3) is 3.86. The van der Waals surface area contributed by atoms with Crippen molar-refractivity contribution in [2.75, 3.05) is 5.75 Å². The van der Waals surface area contributed by atoms with E-state index in [1.165, 1.54) is 16.6 Å². The molecular formula is C11H11BrN2O2S2. The second-order valence-corrected chi connectivity index (χ2v) is 7.03. The van der Waals surface area contributed by atoms with Gasteiger partial charge in [0, 0.05) is 23.8 Å². The number of imidazole rings is 1. The molecule has 2 rings (SSSR count). The molecule has 0 fully saturated rings. The first kappa shape index (κ1) is 13.6. The van der Waals surface area contributed by atoms with E-state index in [9.17, 15) is 4.79 Å². The Bertz CT molecular complexity index is 539. The average Bonchev–Trinajstić information content (AvgIpc) is 2.92. The van der Waals surface area contributed by atoms with Gasteiger partial charge in [0.05, 0.1) is 9.54 Å². The zero-order chi connectivity index (χ0) is 13.0. The number of nitrogens with zero attached hydrogens (tertiary/aromatic N) is 2. The van der Waals surface area contributed by atoms with Crippen LogP contribution in [0.1, 0.15) is 4.88 Å². The summed E-state index contributed by atoms with van der Waals surface area (Å²) in [5.41, 5.74) is 0. The van der Waals surface area contributed by atoms with Gasteiger partial charge in [-0.25, -0.2) is 4.98 Å². The standard InChI is InChI=1S/C11H11BrN2O2S2/c12-9-2-1-8(18-9)3-5-14-6-4-13-11(14)17-7-10(15)16/h1-2,4,6H,3,5,7H2,(H,15,16). The molecule has 0 bridgehead atoms. The fourth-order valence-electron chi connectivity index (χ4n) is 1.45. The maximum Gasteiger partial charge on any atom is 0.313 e. The van der Waals surface area contributed by atoms with Crippen molar-refractivity contribution in [3.8, 4) is 0 Å². The predicted octanol–water partition coefficient (Wildman–Crippen LogP) is 3.13. The third-order valence-corrected chi connectivity index (χ3v) is 4.90. The van der Waals surface area contributed by atoms with Crippen molar-refractivity contribution in [2.45, 2.75) is 18.1 Å². The summed E-state index contributed by atoms with van der Waals surface area (Å²) in [4.78, 5) is 16.0. The molecule has 2 aromatic rings. The molecule has 0 aliphatic rings. The molecule has 0 amide bonds. The number of carboxylic acids is 1. The molecule has 96 valence electrons. The smallest absolute Gasteiger partial charge is 0.313 e. The van der Waals surface area contributed by atoms with E-state index in [0.717, 1.165) is 21.9 Å². The molecule has 0 spiro atoms. The first-order valence-corrected chi connectivity index (χ1v) is 7.84. The van der Waals surface area contributed by atoms with E-state index in [4.69, 9.17) is 5.11 Å². The molecule has 2 heterocycles. The molecule has 0 aromatic carbocycles. The van der Waals surface area contributed by atoms with Gasteiger partial charge >= 0.3 is 5.97 Å². The normalized spacial score (nSPS) is 10.7. The lowest BCUT2D eigenvalue weighted by atomic mass is 10.3. The number of carboxylic acid groups (broad SMARTS) is 1. The minimum absolute atomic E-state index is 0.0432. The minimum Gasteiger partial charge on any atom is -0.481 e. The summed E-state index contributed by atoms with van der Waals surface area (Å²) in [5, 5.41) is 9.41. The Kier molecular flexibility index (Phi) is 4.85. The lowest BCUT2D eigenvalue weighted by Gasteiger charge is -2.05. The van der Waals surface area contributed by atoms with Gasteiger partial charge in [-0.1, -0.05) is 11.8 Å². The summed E-state index contributed by atoms with van der Waals surface area (Å²) >= 11 is 6.40. The third-order valence-electron chi connectivity index (χ3n) is 2.23. The molecule has 0 aliphatic heterocycles. The quantitative estimate of drug-likeness (QED) is 0.816. The van der Waals surface area contributed by atoms with E-state index < -0.39 is 5.97 Å². The Morgan fingerprint density at radius 1 is 1.56 bits per heavy atom. The van der Waals surface area contributed by atoms with Crippen LogP contribution in [0.25, 0.3) is 0 Å². The van der Waals surface area contributed by atoms with Crippen molar-refractivity contribution in [3.05, 3.63) is 33.2 Å². The number of hydrogen-bond acceptors (Lipinski definition) is 4. The Hall–Kier alpha value is -0.790. The number of thiophene rings is 1. The molecule has 2 aromatic heterocycles. The topological polar surface area (TPSA) is 55.1 Å². The van der Waals surface area contributed by atoms with Gasteiger partial charge in [0.2, 0.25) is 0 Å². The predicted molar refractivity (Wildman–Crippen MR) is 76.3 cm³/mol. The Labute approximate surface area is 121 Å². The van der Waals surface area contributed by atoms with E-state index >= 15 is 0 Å². The van der Waals surface area contributed by atoms with Crippen molar-refractivity contribution in [2.24, 2.45) is 0 Å². The van der Waals surface area contributed by atoms with E-state index in [0.29, 0.717) is 0 Å². The summed E-state index contributed by atoms with van der Waals surface area (Å²) < 4.78 is 3.12. The maximum atomic E-state index is 10.5. The number of carbonyl (C=O) groups is 1. The molecule has 0 aliphatic carbocycles. The second kappa shape index (κ2) is 6.40. The van der Waals surface area contributed by atoms with Crippen LogP contribution in [0.5, 0.6) is 0 Å². The molecule has 1 N–H and O–H groups in total. The lowest BCUT2D eigenvalue weighted by Crippen LogP contribution is -2.04. The van der Waals surface area contributed by atoms with E-state index in [-0.39, 0.29) is 5.75 Å². The van der Waals surface area contributed by atoms with Crippen LogP contribution in [0.4, 0.5) is 0 Å². The number of hydrogen-bond donors (Lipinski definition) is 1. The Morgan fingerprint density at radius 3 is 3.06 bits per heavy atom. The molecule has 18 heavy (non-hydrogen) atoms. The largest absolute Gasteiger partial charge is 0.481 e. The van der Waals surface area contributed by atoms with Gasteiger partial charge in [0.1, 0.15) is 0 Å². The Morgan fingerprint density at radius 2 is 2.39 bits per heavy atom. The number of aliphatic carboxylic acids is 1. The van der Waals surface area contributed by atoms with Crippen molar-refractivity contribution < 1.29 is 9.90 Å². The highest BCUT2D eigenvalue weighted by Crippen LogP contribution is 2.23. The van der Waals surface area contributed by atoms with Crippen LogP contribution in [-0.2, 0) is 17.8 Å². The molecular weight excluding hydrogens is 336 g/mol. The average molecular weight is 347 g/mol. The fraction of sp³-hybridized carbons (Fsp3) is 0.273. The SMILES string of the molecule is O=C(O)CSc1nccn1CCc1ccc(Br)s1. The number of halogens is 1. The van der Waals surface area contributed by atoms with E-state index in [1.54, 1.807) is 17.5 Å². The lowest BCUT2D eigenvalue weighted by molar-refractivity contribution is -0.133. The van der Waals surface area contributed by atoms with Crippen LogP contribution in [0.15, 0.2) is 33.5 Å². The number of aryl methyl sites for hydroxylation is 2. The number of thioether (sulfide) groups is 1. The fourth-order valence-corrected chi connectivity index (χ4v) is 3.63. The maximum absolute atomic E-state index is 10.5. The second-order valence-electron chi connectivity index (χ2n) is 3.54. The zero-order valence-corrected chi connectivity index (χ0v) is 12.6. The van der Waals surface area contributed by atoms with Crippen LogP contribution < -0.4 is 0 Å². The Balaban J connectivity index is 1.93. The highest BCUT2D eigenvalue weighted by atomic mass is 79.9. The highest BCUT2D eigenvalue weighted by molar-refractivity contribution is 9.11. The summed E-state index contributed by atoms with van der Waals surface area (Å²) in [6.07, 6.45) is 4.51. The highest BCUT2D eigenvalue weighted by Gasteiger charge is 2.07. The van der Waals surface area contributed by atoms with Gasteiger partial charge in [0.25, 0.3) is 0 Å². The van der Waals surface area contributed by atoms with Crippen molar-refractivity contribution >= 4 is 45.0 Å². The molecule has 0 atom stereocenters. The van der Waals surface area contributed by atoms with Crippen LogP contribution in [0.3, 0.4) is 0 Å². The van der Waals surface area contributed by atoms with Crippen LogP contribution in [0.2, 0.25) is 0 Å². The van der Waals surface area contributed by atoms with Crippen LogP contribution in [-0.4, -0.2) is 26.4 Å². The molecule has 0 unspecified atom stereocenters. The summed E-state index contributed by atoms with van der Waals surface area (Å²) in [7, 11) is 0. The molecule has 0 saturated carbocycles. The summed E-state index contributed by atoms with van der Waals surface area (Å²) in [6.45, 7) is 0.814. The first-order chi connectivity index (χ1) is 8.65. The van der Waals surface area contributed by atoms with Gasteiger partial charge in [-0.05, 0) is 34.5 Å². The van der Waals surface area contributed by atoms with Crippen LogP contribution in [0, 0.1) is 0 Å². The van der Waals surface area contributed by atoms with Crippen molar-refractivity contribution in [1.82, 2.24) is 9.55 Å². The zero-order valence-electron chi connectivity index (χ0n) is 9.38. The van der Waals surface area contributed by atoms with E-state index in [2.05, 4.69) is 27.0 Å². The van der Waals surface area contributed by atoms with Gasteiger partial charge < -0.3 is 9.67 Å². The number of rotatable bonds is 6. The summed E-state index contributed by atoms with van der Waals surface area (Å²) in [5.74, 6) is -0.779. The van der Waals surface area contributed by atoms with Crippen LogP contribution >= 0.6 is 39.0 Å². The van der Waals surface area contributed by atoms with Crippen molar-refractivity contribution in [1.29, 1.82) is 0 Å². The molecule has 4 nitrogen and oxygen atoms in total. The van der Waals surface area contributed by atoms with E-state index in [1.807, 2.05) is 16.8 Å². The van der Waals surface area contributed by atoms with Gasteiger partial charge in [-0.2, -0.15) is 0 Å².